The number of hydrogen-bond acceptors (Lipinski definition) is 2. The molecule has 0 saturated carbocycles. The van der Waals surface area contributed by atoms with Crippen molar-refractivity contribution in [3.05, 3.63) is 35.3 Å². The Bertz CT molecular complexity index is 297. The fourth-order valence-electron chi connectivity index (χ4n) is 2.25. The molecule has 0 bridgehead atoms. The Morgan fingerprint density at radius 3 is 3.00 bits per heavy atom. The molecule has 1 aliphatic rings. The first-order valence-electron chi connectivity index (χ1n) is 5.16. The number of aromatic nitrogens is 1. The van der Waals surface area contributed by atoms with Gasteiger partial charge < -0.3 is 9.85 Å². The van der Waals surface area contributed by atoms with Gasteiger partial charge in [0.05, 0.1) is 13.6 Å². The number of pyridine rings is 1. The molecule has 0 aliphatic carbocycles. The number of rotatable bonds is 1. The lowest BCUT2D eigenvalue weighted by Crippen LogP contribution is -2.44. The molecular weight excluding hydrogens is 176 g/mol. The minimum absolute atomic E-state index is 0.0949. The Balaban J connectivity index is 2.24. The van der Waals surface area contributed by atoms with Crippen molar-refractivity contribution >= 4 is 0 Å². The second kappa shape index (κ2) is 3.67. The van der Waals surface area contributed by atoms with Crippen LogP contribution in [0.15, 0.2) is 24.5 Å². The van der Waals surface area contributed by atoms with Gasteiger partial charge in [-0.1, -0.05) is 6.07 Å². The van der Waals surface area contributed by atoms with Gasteiger partial charge >= 0.3 is 0 Å². The molecule has 0 amide bonds. The van der Waals surface area contributed by atoms with Crippen LogP contribution in [-0.2, 0) is 0 Å². The summed E-state index contributed by atoms with van der Waals surface area (Å²) in [7, 11) is 1.77. The zero-order valence-corrected chi connectivity index (χ0v) is 8.52. The monoisotopic (exact) mass is 192 g/mol. The lowest BCUT2D eigenvalue weighted by atomic mass is 9.96. The van der Waals surface area contributed by atoms with Gasteiger partial charge in [0.2, 0.25) is 0 Å². The van der Waals surface area contributed by atoms with Crippen molar-refractivity contribution in [3.8, 4) is 0 Å². The van der Waals surface area contributed by atoms with E-state index in [1.54, 1.807) is 13.2 Å². The van der Waals surface area contributed by atoms with E-state index in [1.807, 2.05) is 18.3 Å². The maximum absolute atomic E-state index is 12.2. The van der Waals surface area contributed by atoms with Crippen molar-refractivity contribution in [3.63, 3.8) is 0 Å². The molecule has 1 aromatic rings. The molecule has 2 atom stereocenters. The van der Waals surface area contributed by atoms with Gasteiger partial charge in [0, 0.05) is 24.4 Å². The van der Waals surface area contributed by atoms with Crippen LogP contribution < -0.4 is 0 Å². The molecule has 0 unspecified atom stereocenters. The lowest BCUT2D eigenvalue weighted by Gasteiger charge is -2.48. The largest absolute Gasteiger partial charge is 0.633 e. The standard InChI is InChI=1S/C11H16N2O/c1-13(14)8-3-2-6-11(13)10-5-4-7-12-9-10/h4-5,7,9,11H,2-3,6,8H2,1H3/t11-,13+/m0/s1. The number of hydroxylamine groups is 3. The van der Waals surface area contributed by atoms with Gasteiger partial charge in [-0.15, -0.1) is 0 Å². The normalized spacial score (nSPS) is 32.9. The minimum Gasteiger partial charge on any atom is -0.633 e. The minimum atomic E-state index is -0.133. The number of hydrogen-bond donors (Lipinski definition) is 0. The van der Waals surface area contributed by atoms with E-state index >= 15 is 0 Å². The van der Waals surface area contributed by atoms with Crippen molar-refractivity contribution in [2.45, 2.75) is 25.3 Å². The average molecular weight is 192 g/mol. The van der Waals surface area contributed by atoms with E-state index < -0.39 is 0 Å². The average Bonchev–Trinajstić information content (AvgIpc) is 2.18. The van der Waals surface area contributed by atoms with E-state index in [0.717, 1.165) is 31.4 Å². The third kappa shape index (κ3) is 1.79. The zero-order chi connectivity index (χ0) is 10.0. The summed E-state index contributed by atoms with van der Waals surface area (Å²) >= 11 is 0. The molecule has 1 fully saturated rings. The van der Waals surface area contributed by atoms with Crippen LogP contribution in [0.1, 0.15) is 30.9 Å². The van der Waals surface area contributed by atoms with Crippen molar-refractivity contribution in [2.24, 2.45) is 0 Å². The molecule has 0 spiro atoms. The summed E-state index contributed by atoms with van der Waals surface area (Å²) in [5, 5.41) is 12.2. The van der Waals surface area contributed by atoms with Crippen molar-refractivity contribution in [1.82, 2.24) is 4.98 Å². The van der Waals surface area contributed by atoms with Gasteiger partial charge in [0.1, 0.15) is 6.04 Å². The van der Waals surface area contributed by atoms with Gasteiger partial charge in [-0.2, -0.15) is 0 Å². The van der Waals surface area contributed by atoms with Gasteiger partial charge in [-0.3, -0.25) is 4.98 Å². The summed E-state index contributed by atoms with van der Waals surface area (Å²) in [6, 6.07) is 4.01. The van der Waals surface area contributed by atoms with Crippen molar-refractivity contribution < 1.29 is 4.65 Å². The summed E-state index contributed by atoms with van der Waals surface area (Å²) in [5.74, 6) is 0. The molecule has 0 N–H and O–H groups in total. The van der Waals surface area contributed by atoms with Crippen molar-refractivity contribution in [2.75, 3.05) is 13.6 Å². The van der Waals surface area contributed by atoms with Gasteiger partial charge in [-0.05, 0) is 18.9 Å². The van der Waals surface area contributed by atoms with Crippen LogP contribution in [0.2, 0.25) is 0 Å². The molecule has 0 aromatic carbocycles. The second-order valence-electron chi connectivity index (χ2n) is 4.20. The highest BCUT2D eigenvalue weighted by Gasteiger charge is 2.29. The van der Waals surface area contributed by atoms with E-state index in [1.165, 1.54) is 0 Å². The molecule has 2 heterocycles. The Kier molecular flexibility index (Phi) is 2.52. The van der Waals surface area contributed by atoms with E-state index in [0.29, 0.717) is 0 Å². The molecule has 14 heavy (non-hydrogen) atoms. The highest BCUT2D eigenvalue weighted by atomic mass is 16.5. The number of nitrogens with zero attached hydrogens (tertiary/aromatic N) is 2. The SMILES string of the molecule is C[N@@+]1([O-])CCCC[C@H]1c1cccnc1. The summed E-state index contributed by atoms with van der Waals surface area (Å²) in [6.45, 7) is 0.736. The molecule has 1 aromatic heterocycles. The highest BCUT2D eigenvalue weighted by Crippen LogP contribution is 2.34. The Morgan fingerprint density at radius 1 is 1.50 bits per heavy atom. The lowest BCUT2D eigenvalue weighted by molar-refractivity contribution is -0.898. The third-order valence-electron chi connectivity index (χ3n) is 3.06. The predicted molar refractivity (Wildman–Crippen MR) is 55.2 cm³/mol. The maximum atomic E-state index is 12.2. The van der Waals surface area contributed by atoms with E-state index in [9.17, 15) is 5.21 Å². The molecule has 76 valence electrons. The Morgan fingerprint density at radius 2 is 2.36 bits per heavy atom. The number of quaternary nitrogens is 1. The molecule has 1 saturated heterocycles. The van der Waals surface area contributed by atoms with Crippen LogP contribution in [0.5, 0.6) is 0 Å². The molecule has 1 aliphatic heterocycles. The maximum Gasteiger partial charge on any atom is 0.116 e. The first kappa shape index (κ1) is 9.62. The Hall–Kier alpha value is -0.930. The van der Waals surface area contributed by atoms with Gasteiger partial charge in [-0.25, -0.2) is 0 Å². The van der Waals surface area contributed by atoms with Crippen LogP contribution in [0.25, 0.3) is 0 Å². The second-order valence-corrected chi connectivity index (χ2v) is 4.20. The molecule has 2 rings (SSSR count). The topological polar surface area (TPSA) is 36.0 Å². The zero-order valence-electron chi connectivity index (χ0n) is 8.52. The molecule has 3 heteroatoms. The van der Waals surface area contributed by atoms with Crippen LogP contribution >= 0.6 is 0 Å². The summed E-state index contributed by atoms with van der Waals surface area (Å²) in [6.07, 6.45) is 6.78. The fourth-order valence-corrected chi connectivity index (χ4v) is 2.25. The molecular formula is C11H16N2O. The van der Waals surface area contributed by atoms with Crippen LogP contribution in [-0.4, -0.2) is 23.2 Å². The summed E-state index contributed by atoms with van der Waals surface area (Å²) in [4.78, 5) is 4.08. The quantitative estimate of drug-likeness (QED) is 0.505. The van der Waals surface area contributed by atoms with Crippen LogP contribution in [0.3, 0.4) is 0 Å². The number of likely N-dealkylation sites (tertiary alicyclic amines) is 1. The summed E-state index contributed by atoms with van der Waals surface area (Å²) in [5.41, 5.74) is 1.09. The third-order valence-corrected chi connectivity index (χ3v) is 3.06. The fraction of sp³-hybridized carbons (Fsp3) is 0.545. The van der Waals surface area contributed by atoms with Crippen molar-refractivity contribution in [1.29, 1.82) is 0 Å². The smallest absolute Gasteiger partial charge is 0.116 e. The van der Waals surface area contributed by atoms with E-state index in [4.69, 9.17) is 0 Å². The summed E-state index contributed by atoms with van der Waals surface area (Å²) < 4.78 is -0.133. The number of piperidine rings is 1. The van der Waals surface area contributed by atoms with E-state index in [-0.39, 0.29) is 10.7 Å². The van der Waals surface area contributed by atoms with Crippen LogP contribution in [0.4, 0.5) is 0 Å². The van der Waals surface area contributed by atoms with Gasteiger partial charge in [0.25, 0.3) is 0 Å². The molecule has 3 nitrogen and oxygen atoms in total. The predicted octanol–water partition coefficient (Wildman–Crippen LogP) is 2.25. The highest BCUT2D eigenvalue weighted by molar-refractivity contribution is 5.12. The Labute approximate surface area is 84.6 Å². The first-order valence-corrected chi connectivity index (χ1v) is 5.16. The first-order chi connectivity index (χ1) is 6.70. The van der Waals surface area contributed by atoms with Gasteiger partial charge in [0.15, 0.2) is 0 Å². The van der Waals surface area contributed by atoms with Crippen LogP contribution in [0, 0.1) is 5.21 Å². The van der Waals surface area contributed by atoms with E-state index in [2.05, 4.69) is 4.98 Å². The molecule has 0 radical (unpaired) electrons.